The molecule has 0 radical (unpaired) electrons. The number of rotatable bonds is 6. The summed E-state index contributed by atoms with van der Waals surface area (Å²) in [5.74, 6) is -0.259. The van der Waals surface area contributed by atoms with Gasteiger partial charge in [-0.2, -0.15) is 10.2 Å². The Balaban J connectivity index is 1.89. The van der Waals surface area contributed by atoms with Crippen LogP contribution in [0.2, 0.25) is 0 Å². The van der Waals surface area contributed by atoms with Gasteiger partial charge in [0.25, 0.3) is 5.69 Å². The third kappa shape index (κ3) is 4.72. The molecule has 0 aliphatic heterocycles. The molecule has 1 amide bonds. The second kappa shape index (κ2) is 7.82. The molecule has 1 aromatic heterocycles. The van der Waals surface area contributed by atoms with Crippen molar-refractivity contribution in [2.75, 3.05) is 0 Å². The Kier molecular flexibility index (Phi) is 5.80. The van der Waals surface area contributed by atoms with Gasteiger partial charge in [0, 0.05) is 23.7 Å². The van der Waals surface area contributed by atoms with E-state index in [2.05, 4.69) is 31.6 Å². The lowest BCUT2D eigenvalue weighted by atomic mass is 10.2. The van der Waals surface area contributed by atoms with E-state index in [9.17, 15) is 14.9 Å². The smallest absolute Gasteiger partial charge is 0.273 e. The number of benzene rings is 1. The lowest BCUT2D eigenvalue weighted by molar-refractivity contribution is -0.385. The molecule has 2 rings (SSSR count). The van der Waals surface area contributed by atoms with Gasteiger partial charge >= 0.3 is 0 Å². The van der Waals surface area contributed by atoms with Crippen LogP contribution in [0.1, 0.15) is 23.4 Å². The number of carbonyl (C=O) groups excluding carboxylic acids is 1. The van der Waals surface area contributed by atoms with Gasteiger partial charge in [0.1, 0.15) is 0 Å². The van der Waals surface area contributed by atoms with Gasteiger partial charge in [0.05, 0.1) is 27.8 Å². The molecule has 0 bridgehead atoms. The van der Waals surface area contributed by atoms with E-state index in [1.165, 1.54) is 12.3 Å². The van der Waals surface area contributed by atoms with E-state index in [0.717, 1.165) is 11.4 Å². The summed E-state index contributed by atoms with van der Waals surface area (Å²) in [7, 11) is 0. The van der Waals surface area contributed by atoms with Crippen LogP contribution in [0.5, 0.6) is 0 Å². The Hall–Kier alpha value is -2.55. The fourth-order valence-electron chi connectivity index (χ4n) is 2.09. The normalized spacial score (nSPS) is 11.0. The molecule has 0 aliphatic carbocycles. The van der Waals surface area contributed by atoms with Crippen LogP contribution in [-0.2, 0) is 11.3 Å². The molecule has 0 saturated heterocycles. The van der Waals surface area contributed by atoms with Gasteiger partial charge in [-0.15, -0.1) is 0 Å². The average Bonchev–Trinajstić information content (AvgIpc) is 2.84. The molecule has 2 aromatic rings. The first-order valence-electron chi connectivity index (χ1n) is 7.13. The number of carbonyl (C=O) groups is 1. The summed E-state index contributed by atoms with van der Waals surface area (Å²) in [6.45, 7) is 4.28. The highest BCUT2D eigenvalue weighted by atomic mass is 79.9. The Morgan fingerprint density at radius 3 is 2.83 bits per heavy atom. The van der Waals surface area contributed by atoms with E-state index in [1.54, 1.807) is 16.8 Å². The molecule has 24 heavy (non-hydrogen) atoms. The van der Waals surface area contributed by atoms with Gasteiger partial charge in [0.2, 0.25) is 5.91 Å². The Bertz CT molecular complexity index is 800. The number of halogens is 1. The summed E-state index contributed by atoms with van der Waals surface area (Å²) in [4.78, 5) is 22.1. The van der Waals surface area contributed by atoms with Crippen molar-refractivity contribution in [2.45, 2.75) is 26.8 Å². The zero-order valence-electron chi connectivity index (χ0n) is 13.2. The summed E-state index contributed by atoms with van der Waals surface area (Å²) in [5.41, 5.74) is 4.75. The van der Waals surface area contributed by atoms with Crippen molar-refractivity contribution < 1.29 is 9.72 Å². The summed E-state index contributed by atoms with van der Waals surface area (Å²) < 4.78 is 2.15. The molecule has 0 spiro atoms. The molecule has 1 aromatic carbocycles. The topological polar surface area (TPSA) is 102 Å². The highest BCUT2D eigenvalue weighted by Crippen LogP contribution is 2.24. The maximum atomic E-state index is 11.8. The fourth-order valence-corrected chi connectivity index (χ4v) is 2.48. The van der Waals surface area contributed by atoms with Crippen LogP contribution in [0.3, 0.4) is 0 Å². The Morgan fingerprint density at radius 1 is 1.46 bits per heavy atom. The number of hydrogen-bond donors (Lipinski definition) is 1. The van der Waals surface area contributed by atoms with Crippen molar-refractivity contribution >= 4 is 33.7 Å². The third-order valence-electron chi connectivity index (χ3n) is 3.22. The SMILES string of the molecule is Cc1cc(C)n(CCC(=O)N/N=C/c2ccc(Br)c([N+](=O)[O-])c2)n1. The van der Waals surface area contributed by atoms with E-state index in [4.69, 9.17) is 0 Å². The van der Waals surface area contributed by atoms with E-state index in [-0.39, 0.29) is 18.0 Å². The van der Waals surface area contributed by atoms with Crippen molar-refractivity contribution in [1.82, 2.24) is 15.2 Å². The first kappa shape index (κ1) is 17.8. The van der Waals surface area contributed by atoms with Gasteiger partial charge in [0.15, 0.2) is 0 Å². The number of nitro benzene ring substituents is 1. The molecule has 0 atom stereocenters. The number of nitrogens with one attached hydrogen (secondary N) is 1. The summed E-state index contributed by atoms with van der Waals surface area (Å²) in [6.07, 6.45) is 1.60. The molecule has 0 saturated carbocycles. The van der Waals surface area contributed by atoms with Crippen LogP contribution in [-0.4, -0.2) is 26.8 Å². The minimum atomic E-state index is -0.492. The van der Waals surface area contributed by atoms with E-state index in [0.29, 0.717) is 16.6 Å². The van der Waals surface area contributed by atoms with Crippen LogP contribution >= 0.6 is 15.9 Å². The molecule has 1 heterocycles. The number of hydrazone groups is 1. The minimum absolute atomic E-state index is 0.0604. The summed E-state index contributed by atoms with van der Waals surface area (Å²) in [6, 6.07) is 6.53. The van der Waals surface area contributed by atoms with Crippen molar-refractivity contribution in [3.05, 3.63) is 55.8 Å². The van der Waals surface area contributed by atoms with Crippen molar-refractivity contribution in [2.24, 2.45) is 5.10 Å². The molecule has 0 fully saturated rings. The third-order valence-corrected chi connectivity index (χ3v) is 3.89. The van der Waals surface area contributed by atoms with Crippen LogP contribution in [0, 0.1) is 24.0 Å². The lowest BCUT2D eigenvalue weighted by Crippen LogP contribution is -2.20. The van der Waals surface area contributed by atoms with Crippen molar-refractivity contribution in [1.29, 1.82) is 0 Å². The van der Waals surface area contributed by atoms with E-state index < -0.39 is 4.92 Å². The molecule has 126 valence electrons. The summed E-state index contributed by atoms with van der Waals surface area (Å²) in [5, 5.41) is 19.0. The highest BCUT2D eigenvalue weighted by Gasteiger charge is 2.11. The molecular formula is C15H16BrN5O3. The Morgan fingerprint density at radius 2 is 2.21 bits per heavy atom. The van der Waals surface area contributed by atoms with Crippen LogP contribution in [0.4, 0.5) is 5.69 Å². The zero-order chi connectivity index (χ0) is 17.7. The van der Waals surface area contributed by atoms with E-state index >= 15 is 0 Å². The zero-order valence-corrected chi connectivity index (χ0v) is 14.8. The molecule has 8 nitrogen and oxygen atoms in total. The van der Waals surface area contributed by atoms with Crippen molar-refractivity contribution in [3.8, 4) is 0 Å². The quantitative estimate of drug-likeness (QED) is 0.462. The minimum Gasteiger partial charge on any atom is -0.273 e. The lowest BCUT2D eigenvalue weighted by Gasteiger charge is -2.03. The first-order chi connectivity index (χ1) is 11.4. The van der Waals surface area contributed by atoms with E-state index in [1.807, 2.05) is 19.9 Å². The maximum Gasteiger partial charge on any atom is 0.284 e. The number of aryl methyl sites for hydroxylation is 3. The Labute approximate surface area is 146 Å². The molecule has 1 N–H and O–H groups in total. The maximum absolute atomic E-state index is 11.8. The van der Waals surface area contributed by atoms with Gasteiger partial charge in [-0.1, -0.05) is 6.07 Å². The van der Waals surface area contributed by atoms with Crippen LogP contribution in [0.15, 0.2) is 33.8 Å². The summed E-state index contributed by atoms with van der Waals surface area (Å²) >= 11 is 3.11. The van der Waals surface area contributed by atoms with Gasteiger partial charge in [-0.05, 0) is 41.9 Å². The molecule has 0 aliphatic rings. The second-order valence-electron chi connectivity index (χ2n) is 5.16. The number of nitrogens with zero attached hydrogens (tertiary/aromatic N) is 4. The number of hydrogen-bond acceptors (Lipinski definition) is 5. The predicted octanol–water partition coefficient (Wildman–Crippen LogP) is 2.71. The number of amides is 1. The molecular weight excluding hydrogens is 378 g/mol. The average molecular weight is 394 g/mol. The predicted molar refractivity (Wildman–Crippen MR) is 92.9 cm³/mol. The monoisotopic (exact) mass is 393 g/mol. The fraction of sp³-hybridized carbons (Fsp3) is 0.267. The molecule has 0 unspecified atom stereocenters. The second-order valence-corrected chi connectivity index (χ2v) is 6.02. The van der Waals surface area contributed by atoms with Crippen molar-refractivity contribution in [3.63, 3.8) is 0 Å². The number of nitro groups is 1. The highest BCUT2D eigenvalue weighted by molar-refractivity contribution is 9.10. The first-order valence-corrected chi connectivity index (χ1v) is 7.93. The van der Waals surface area contributed by atoms with Gasteiger partial charge in [-0.25, -0.2) is 5.43 Å². The number of aromatic nitrogens is 2. The van der Waals surface area contributed by atoms with Gasteiger partial charge < -0.3 is 0 Å². The van der Waals surface area contributed by atoms with Crippen LogP contribution in [0.25, 0.3) is 0 Å². The standard InChI is InChI=1S/C15H16BrN5O3/c1-10-7-11(2)20(19-10)6-5-15(22)18-17-9-12-3-4-13(16)14(8-12)21(23)24/h3-4,7-9H,5-6H2,1-2H3,(H,18,22)/b17-9+. The largest absolute Gasteiger partial charge is 0.284 e. The molecule has 9 heteroatoms. The van der Waals surface area contributed by atoms with Crippen LogP contribution < -0.4 is 5.43 Å². The van der Waals surface area contributed by atoms with Gasteiger partial charge in [-0.3, -0.25) is 19.6 Å².